The molecule has 0 unspecified atom stereocenters. The lowest BCUT2D eigenvalue weighted by atomic mass is 10.2. The largest absolute Gasteiger partial charge is 0.331 e. The van der Waals surface area contributed by atoms with Crippen LogP contribution in [0.2, 0.25) is 0 Å². The maximum absolute atomic E-state index is 12.5. The first kappa shape index (κ1) is 16.7. The number of nitrogens with zero attached hydrogens (tertiary/aromatic N) is 4. The minimum Gasteiger partial charge on any atom is -0.331 e. The van der Waals surface area contributed by atoms with Gasteiger partial charge in [0.2, 0.25) is 0 Å². The summed E-state index contributed by atoms with van der Waals surface area (Å²) in [5, 5.41) is 10.8. The number of carbonyl (C=O) groups excluding carboxylic acids is 1. The number of aromatic nitrogens is 4. The molecule has 0 saturated heterocycles. The molecule has 0 atom stereocenters. The first-order valence-electron chi connectivity index (χ1n) is 7.89. The van der Waals surface area contributed by atoms with Gasteiger partial charge in [0.15, 0.2) is 4.34 Å². The normalized spacial score (nSPS) is 11.0. The van der Waals surface area contributed by atoms with Crippen LogP contribution in [0.5, 0.6) is 0 Å². The lowest BCUT2D eigenvalue weighted by molar-refractivity contribution is 0.102. The van der Waals surface area contributed by atoms with Crippen molar-refractivity contribution in [1.82, 2.24) is 19.7 Å². The van der Waals surface area contributed by atoms with E-state index < -0.39 is 0 Å². The Morgan fingerprint density at radius 2 is 2.00 bits per heavy atom. The molecule has 1 amide bonds. The number of rotatable bonds is 4. The fourth-order valence-corrected chi connectivity index (χ4v) is 4.03. The van der Waals surface area contributed by atoms with Crippen molar-refractivity contribution in [2.75, 3.05) is 5.32 Å². The van der Waals surface area contributed by atoms with E-state index in [0.29, 0.717) is 5.56 Å². The predicted octanol–water partition coefficient (Wildman–Crippen LogP) is 4.14. The van der Waals surface area contributed by atoms with Crippen molar-refractivity contribution in [3.63, 3.8) is 0 Å². The third kappa shape index (κ3) is 3.33. The quantitative estimate of drug-likeness (QED) is 0.575. The second kappa shape index (κ2) is 6.89. The molecular formula is C18H15N5OS2. The Hall–Kier alpha value is -2.71. The highest BCUT2D eigenvalue weighted by atomic mass is 32.2. The van der Waals surface area contributed by atoms with E-state index in [9.17, 15) is 4.79 Å². The molecule has 2 aromatic carbocycles. The molecule has 0 saturated carbocycles. The van der Waals surface area contributed by atoms with Crippen LogP contribution in [0, 0.1) is 6.92 Å². The number of anilines is 1. The van der Waals surface area contributed by atoms with Crippen LogP contribution in [0.3, 0.4) is 0 Å². The molecule has 0 bridgehead atoms. The molecule has 0 aliphatic heterocycles. The van der Waals surface area contributed by atoms with Crippen LogP contribution >= 0.6 is 23.1 Å². The zero-order chi connectivity index (χ0) is 18.1. The highest BCUT2D eigenvalue weighted by Gasteiger charge is 2.10. The van der Waals surface area contributed by atoms with Gasteiger partial charge in [-0.2, -0.15) is 0 Å². The second-order valence-corrected chi connectivity index (χ2v) is 7.86. The zero-order valence-electron chi connectivity index (χ0n) is 14.1. The highest BCUT2D eigenvalue weighted by molar-refractivity contribution is 8.01. The van der Waals surface area contributed by atoms with Crippen LogP contribution in [0.15, 0.2) is 57.2 Å². The number of amides is 1. The summed E-state index contributed by atoms with van der Waals surface area (Å²) in [6.07, 6.45) is 0. The monoisotopic (exact) mass is 381 g/mol. The average molecular weight is 381 g/mol. The van der Waals surface area contributed by atoms with Gasteiger partial charge in [0, 0.05) is 23.2 Å². The minimum absolute atomic E-state index is 0.153. The van der Waals surface area contributed by atoms with Gasteiger partial charge in [-0.15, -0.1) is 10.2 Å². The molecule has 0 spiro atoms. The third-order valence-corrected chi connectivity index (χ3v) is 5.81. The van der Waals surface area contributed by atoms with Gasteiger partial charge in [-0.1, -0.05) is 23.1 Å². The zero-order valence-corrected chi connectivity index (χ0v) is 15.8. The van der Waals surface area contributed by atoms with E-state index >= 15 is 0 Å². The number of benzene rings is 2. The second-order valence-electron chi connectivity index (χ2n) is 5.71. The molecule has 4 aromatic rings. The first-order chi connectivity index (χ1) is 12.6. The Morgan fingerprint density at radius 3 is 2.73 bits per heavy atom. The summed E-state index contributed by atoms with van der Waals surface area (Å²) >= 11 is 3.04. The van der Waals surface area contributed by atoms with Crippen molar-refractivity contribution in [3.8, 4) is 0 Å². The minimum atomic E-state index is -0.153. The van der Waals surface area contributed by atoms with Gasteiger partial charge in [0.25, 0.3) is 5.91 Å². The van der Waals surface area contributed by atoms with Crippen molar-refractivity contribution >= 4 is 45.7 Å². The standard InChI is InChI=1S/C18H15N5OS2/c1-11-20-15-9-12(3-8-16(15)23(11)2)17(24)21-13-4-6-14(7-5-13)26-18-22-19-10-25-18/h3-10H,1-2H3,(H,21,24). The van der Waals surface area contributed by atoms with Crippen molar-refractivity contribution < 1.29 is 4.79 Å². The molecule has 4 rings (SSSR count). The summed E-state index contributed by atoms with van der Waals surface area (Å²) in [7, 11) is 1.96. The van der Waals surface area contributed by atoms with E-state index in [0.717, 1.165) is 31.8 Å². The molecule has 0 fully saturated rings. The van der Waals surface area contributed by atoms with E-state index in [1.165, 1.54) is 11.3 Å². The highest BCUT2D eigenvalue weighted by Crippen LogP contribution is 2.29. The number of carbonyl (C=O) groups is 1. The molecular weight excluding hydrogens is 366 g/mol. The predicted molar refractivity (Wildman–Crippen MR) is 104 cm³/mol. The van der Waals surface area contributed by atoms with Crippen molar-refractivity contribution in [3.05, 3.63) is 59.4 Å². The number of hydrogen-bond acceptors (Lipinski definition) is 6. The van der Waals surface area contributed by atoms with Crippen molar-refractivity contribution in [1.29, 1.82) is 0 Å². The summed E-state index contributed by atoms with van der Waals surface area (Å²) in [5.41, 5.74) is 4.87. The number of hydrogen-bond donors (Lipinski definition) is 1. The van der Waals surface area contributed by atoms with Gasteiger partial charge < -0.3 is 9.88 Å². The molecule has 0 aliphatic carbocycles. The van der Waals surface area contributed by atoms with Crippen LogP contribution < -0.4 is 5.32 Å². The fraction of sp³-hybridized carbons (Fsp3) is 0.111. The van der Waals surface area contributed by atoms with Gasteiger partial charge in [0.05, 0.1) is 11.0 Å². The first-order valence-corrected chi connectivity index (χ1v) is 9.58. The summed E-state index contributed by atoms with van der Waals surface area (Å²) in [6.45, 7) is 1.95. The van der Waals surface area contributed by atoms with Gasteiger partial charge >= 0.3 is 0 Å². The van der Waals surface area contributed by atoms with Crippen LogP contribution in [0.25, 0.3) is 11.0 Å². The number of aryl methyl sites for hydroxylation is 2. The van der Waals surface area contributed by atoms with Crippen molar-refractivity contribution in [2.45, 2.75) is 16.2 Å². The molecule has 2 aromatic heterocycles. The molecule has 2 heterocycles. The molecule has 130 valence electrons. The van der Waals surface area contributed by atoms with Crippen molar-refractivity contribution in [2.24, 2.45) is 7.05 Å². The average Bonchev–Trinajstić information content (AvgIpc) is 3.25. The molecule has 26 heavy (non-hydrogen) atoms. The molecule has 1 N–H and O–H groups in total. The Morgan fingerprint density at radius 1 is 1.19 bits per heavy atom. The van der Waals surface area contributed by atoms with Crippen LogP contribution in [-0.2, 0) is 7.05 Å². The Labute approximate surface area is 158 Å². The third-order valence-electron chi connectivity index (χ3n) is 4.02. The van der Waals surface area contributed by atoms with E-state index in [2.05, 4.69) is 20.5 Å². The lowest BCUT2D eigenvalue weighted by Gasteiger charge is -2.06. The van der Waals surface area contributed by atoms with Crippen LogP contribution in [-0.4, -0.2) is 25.7 Å². The van der Waals surface area contributed by atoms with Gasteiger partial charge in [-0.25, -0.2) is 4.98 Å². The van der Waals surface area contributed by atoms with E-state index in [4.69, 9.17) is 0 Å². The Kier molecular flexibility index (Phi) is 4.44. The maximum atomic E-state index is 12.5. The smallest absolute Gasteiger partial charge is 0.255 e. The van der Waals surface area contributed by atoms with Gasteiger partial charge in [-0.3, -0.25) is 4.79 Å². The summed E-state index contributed by atoms with van der Waals surface area (Å²) in [4.78, 5) is 18.0. The molecule has 8 heteroatoms. The number of fused-ring (bicyclic) bond motifs is 1. The van der Waals surface area contributed by atoms with E-state index in [-0.39, 0.29) is 5.91 Å². The Bertz CT molecular complexity index is 1070. The lowest BCUT2D eigenvalue weighted by Crippen LogP contribution is -2.11. The number of nitrogens with one attached hydrogen (secondary N) is 1. The SMILES string of the molecule is Cc1nc2cc(C(=O)Nc3ccc(Sc4nncs4)cc3)ccc2n1C. The van der Waals surface area contributed by atoms with Gasteiger partial charge in [-0.05, 0) is 49.4 Å². The molecule has 0 radical (unpaired) electrons. The van der Waals surface area contributed by atoms with Gasteiger partial charge in [0.1, 0.15) is 11.3 Å². The molecule has 6 nitrogen and oxygen atoms in total. The summed E-state index contributed by atoms with van der Waals surface area (Å²) < 4.78 is 2.89. The maximum Gasteiger partial charge on any atom is 0.255 e. The summed E-state index contributed by atoms with van der Waals surface area (Å²) in [6, 6.07) is 13.2. The van der Waals surface area contributed by atoms with E-state index in [1.54, 1.807) is 17.3 Å². The topological polar surface area (TPSA) is 72.7 Å². The van der Waals surface area contributed by atoms with Crippen LogP contribution in [0.1, 0.15) is 16.2 Å². The van der Waals surface area contributed by atoms with E-state index in [1.807, 2.05) is 61.0 Å². The summed E-state index contributed by atoms with van der Waals surface area (Å²) in [5.74, 6) is 0.765. The van der Waals surface area contributed by atoms with Crippen LogP contribution in [0.4, 0.5) is 5.69 Å². The number of imidazole rings is 1. The molecule has 0 aliphatic rings. The Balaban J connectivity index is 1.49. The fourth-order valence-electron chi connectivity index (χ4n) is 2.58.